The summed E-state index contributed by atoms with van der Waals surface area (Å²) in [6.07, 6.45) is -4.23. The van der Waals surface area contributed by atoms with Crippen LogP contribution in [0.4, 0.5) is 13.2 Å². The molecule has 1 aromatic rings. The topological polar surface area (TPSA) is 39.2 Å². The highest BCUT2D eigenvalue weighted by atomic mass is 127. The molecule has 0 aliphatic carbocycles. The van der Waals surface area contributed by atoms with Crippen molar-refractivity contribution in [3.8, 4) is 5.88 Å². The predicted octanol–water partition coefficient (Wildman–Crippen LogP) is 2.71. The summed E-state index contributed by atoms with van der Waals surface area (Å²) in [7, 11) is 0. The number of pyridine rings is 1. The van der Waals surface area contributed by atoms with Crippen molar-refractivity contribution >= 4 is 28.9 Å². The first kappa shape index (κ1) is 12.2. The van der Waals surface area contributed by atoms with Gasteiger partial charge < -0.3 is 4.74 Å². The molecule has 1 aromatic heterocycles. The summed E-state index contributed by atoms with van der Waals surface area (Å²) in [5.41, 5.74) is 0.473. The van der Waals surface area contributed by atoms with Crippen LogP contribution in [0.15, 0.2) is 6.07 Å². The molecule has 0 bridgehead atoms. The van der Waals surface area contributed by atoms with Gasteiger partial charge in [-0.1, -0.05) is 0 Å². The average Bonchev–Trinajstić information content (AvgIpc) is 1.99. The van der Waals surface area contributed by atoms with Crippen LogP contribution in [0, 0.1) is 10.5 Å². The molecular formula is C8H5F3INO2. The third-order valence-corrected chi connectivity index (χ3v) is 2.41. The summed E-state index contributed by atoms with van der Waals surface area (Å²) < 4.78 is 39.6. The van der Waals surface area contributed by atoms with Crippen LogP contribution in [-0.4, -0.2) is 17.6 Å². The molecule has 82 valence electrons. The first-order valence-electron chi connectivity index (χ1n) is 3.71. The van der Waals surface area contributed by atoms with Crippen molar-refractivity contribution in [2.45, 2.75) is 13.3 Å². The molecule has 0 fully saturated rings. The number of carbonyl (C=O) groups excluding carboxylic acids is 1. The Hall–Kier alpha value is -0.860. The van der Waals surface area contributed by atoms with Gasteiger partial charge in [-0.05, 0) is 29.5 Å². The largest absolute Gasteiger partial charge is 0.574 e. The van der Waals surface area contributed by atoms with E-state index in [2.05, 4.69) is 9.72 Å². The fourth-order valence-electron chi connectivity index (χ4n) is 0.929. The fourth-order valence-corrected chi connectivity index (χ4v) is 1.71. The Morgan fingerprint density at radius 1 is 1.53 bits per heavy atom. The maximum atomic E-state index is 11.9. The molecule has 0 saturated carbocycles. The van der Waals surface area contributed by atoms with Crippen molar-refractivity contribution in [3.63, 3.8) is 0 Å². The number of hydrogen-bond donors (Lipinski definition) is 0. The SMILES string of the molecule is Cc1nc(OC(F)(F)F)cc(I)c1C=O. The number of alkyl halides is 3. The van der Waals surface area contributed by atoms with E-state index in [1.165, 1.54) is 6.92 Å². The summed E-state index contributed by atoms with van der Waals surface area (Å²) in [5.74, 6) is -0.560. The number of nitrogens with zero attached hydrogens (tertiary/aromatic N) is 1. The van der Waals surface area contributed by atoms with Gasteiger partial charge in [-0.3, -0.25) is 4.79 Å². The van der Waals surface area contributed by atoms with Gasteiger partial charge in [-0.25, -0.2) is 4.98 Å². The minimum Gasteiger partial charge on any atom is -0.388 e. The van der Waals surface area contributed by atoms with E-state index in [-0.39, 0.29) is 11.3 Å². The molecule has 0 radical (unpaired) electrons. The number of aryl methyl sites for hydroxylation is 1. The normalized spacial score (nSPS) is 11.3. The van der Waals surface area contributed by atoms with Gasteiger partial charge in [-0.15, -0.1) is 13.2 Å². The second-order valence-electron chi connectivity index (χ2n) is 2.61. The highest BCUT2D eigenvalue weighted by Gasteiger charge is 2.32. The molecule has 7 heteroatoms. The quantitative estimate of drug-likeness (QED) is 0.618. The van der Waals surface area contributed by atoms with Crippen molar-refractivity contribution in [2.75, 3.05) is 0 Å². The predicted molar refractivity (Wildman–Crippen MR) is 53.8 cm³/mol. The van der Waals surface area contributed by atoms with Gasteiger partial charge in [0.25, 0.3) is 0 Å². The summed E-state index contributed by atoms with van der Waals surface area (Å²) in [5, 5.41) is 0. The molecule has 0 aromatic carbocycles. The summed E-state index contributed by atoms with van der Waals surface area (Å²) >= 11 is 1.74. The monoisotopic (exact) mass is 331 g/mol. The lowest BCUT2D eigenvalue weighted by molar-refractivity contribution is -0.276. The first-order chi connectivity index (χ1) is 6.83. The third-order valence-electron chi connectivity index (χ3n) is 1.51. The zero-order chi connectivity index (χ0) is 11.6. The van der Waals surface area contributed by atoms with Gasteiger partial charge in [0.05, 0.1) is 5.69 Å². The van der Waals surface area contributed by atoms with Crippen LogP contribution in [-0.2, 0) is 0 Å². The molecule has 0 aliphatic rings. The standard InChI is InChI=1S/C8H5F3INO2/c1-4-5(3-14)6(12)2-7(13-4)15-8(9,10)11/h2-3H,1H3. The van der Waals surface area contributed by atoms with E-state index in [9.17, 15) is 18.0 Å². The molecule has 0 N–H and O–H groups in total. The van der Waals surface area contributed by atoms with Gasteiger partial charge in [0.2, 0.25) is 5.88 Å². The number of carbonyl (C=O) groups is 1. The number of halogens is 4. The lowest BCUT2D eigenvalue weighted by atomic mass is 10.2. The average molecular weight is 331 g/mol. The molecule has 0 saturated heterocycles. The van der Waals surface area contributed by atoms with Crippen molar-refractivity contribution in [2.24, 2.45) is 0 Å². The number of hydrogen-bond acceptors (Lipinski definition) is 3. The van der Waals surface area contributed by atoms with E-state index in [4.69, 9.17) is 0 Å². The molecule has 0 amide bonds. The van der Waals surface area contributed by atoms with Crippen molar-refractivity contribution in [1.29, 1.82) is 0 Å². The van der Waals surface area contributed by atoms with Gasteiger partial charge >= 0.3 is 6.36 Å². The Kier molecular flexibility index (Phi) is 3.53. The molecule has 15 heavy (non-hydrogen) atoms. The first-order valence-corrected chi connectivity index (χ1v) is 4.79. The Bertz CT molecular complexity index is 369. The van der Waals surface area contributed by atoms with Crippen molar-refractivity contribution in [1.82, 2.24) is 4.98 Å². The highest BCUT2D eigenvalue weighted by molar-refractivity contribution is 14.1. The van der Waals surface area contributed by atoms with E-state index in [1.54, 1.807) is 22.6 Å². The molecule has 0 unspecified atom stereocenters. The minimum atomic E-state index is -4.77. The molecule has 0 spiro atoms. The summed E-state index contributed by atoms with van der Waals surface area (Å²) in [4.78, 5) is 14.0. The second kappa shape index (κ2) is 4.33. The molecule has 0 aliphatic heterocycles. The van der Waals surface area contributed by atoms with Gasteiger partial charge in [-0.2, -0.15) is 0 Å². The van der Waals surface area contributed by atoms with Crippen LogP contribution in [0.3, 0.4) is 0 Å². The van der Waals surface area contributed by atoms with Crippen molar-refractivity contribution in [3.05, 3.63) is 20.9 Å². The Morgan fingerprint density at radius 2 is 2.13 bits per heavy atom. The van der Waals surface area contributed by atoms with E-state index in [0.29, 0.717) is 9.86 Å². The maximum absolute atomic E-state index is 11.9. The number of aromatic nitrogens is 1. The molecule has 1 heterocycles. The van der Waals surface area contributed by atoms with Crippen LogP contribution in [0.1, 0.15) is 16.1 Å². The molecule has 3 nitrogen and oxygen atoms in total. The van der Waals surface area contributed by atoms with Crippen LogP contribution < -0.4 is 4.74 Å². The number of rotatable bonds is 2. The Morgan fingerprint density at radius 3 is 2.53 bits per heavy atom. The zero-order valence-corrected chi connectivity index (χ0v) is 9.59. The zero-order valence-electron chi connectivity index (χ0n) is 7.43. The van der Waals surface area contributed by atoms with Gasteiger partial charge in [0, 0.05) is 15.2 Å². The van der Waals surface area contributed by atoms with E-state index in [1.807, 2.05) is 0 Å². The van der Waals surface area contributed by atoms with E-state index < -0.39 is 12.2 Å². The van der Waals surface area contributed by atoms with E-state index in [0.717, 1.165) is 6.07 Å². The third kappa shape index (κ3) is 3.33. The van der Waals surface area contributed by atoms with Gasteiger partial charge in [0.15, 0.2) is 6.29 Å². The molecular weight excluding hydrogens is 326 g/mol. The Balaban J connectivity index is 3.09. The summed E-state index contributed by atoms with van der Waals surface area (Å²) in [6, 6.07) is 1.06. The molecule has 1 rings (SSSR count). The smallest absolute Gasteiger partial charge is 0.388 e. The Labute approximate surface area is 96.8 Å². The molecule has 0 atom stereocenters. The fraction of sp³-hybridized carbons (Fsp3) is 0.250. The van der Waals surface area contributed by atoms with Crippen LogP contribution in [0.2, 0.25) is 0 Å². The summed E-state index contributed by atoms with van der Waals surface area (Å²) in [6.45, 7) is 1.44. The van der Waals surface area contributed by atoms with E-state index >= 15 is 0 Å². The highest BCUT2D eigenvalue weighted by Crippen LogP contribution is 2.24. The lowest BCUT2D eigenvalue weighted by Crippen LogP contribution is -2.18. The van der Waals surface area contributed by atoms with Crippen molar-refractivity contribution < 1.29 is 22.7 Å². The lowest BCUT2D eigenvalue weighted by Gasteiger charge is -2.09. The number of ether oxygens (including phenoxy) is 1. The maximum Gasteiger partial charge on any atom is 0.574 e. The minimum absolute atomic E-state index is 0.205. The number of aldehydes is 1. The van der Waals surface area contributed by atoms with Crippen LogP contribution in [0.25, 0.3) is 0 Å². The van der Waals surface area contributed by atoms with Gasteiger partial charge in [0.1, 0.15) is 0 Å². The van der Waals surface area contributed by atoms with Crippen LogP contribution in [0.5, 0.6) is 5.88 Å². The van der Waals surface area contributed by atoms with Crippen LogP contribution >= 0.6 is 22.6 Å². The second-order valence-corrected chi connectivity index (χ2v) is 3.77.